The van der Waals surface area contributed by atoms with Crippen LogP contribution in [0.1, 0.15) is 18.4 Å². The van der Waals surface area contributed by atoms with Gasteiger partial charge in [0.25, 0.3) is 5.92 Å². The van der Waals surface area contributed by atoms with E-state index in [9.17, 15) is 13.6 Å². The zero-order valence-electron chi connectivity index (χ0n) is 11.1. The van der Waals surface area contributed by atoms with Crippen LogP contribution in [-0.2, 0) is 11.3 Å². The molecule has 1 unspecified atom stereocenters. The molecule has 0 bridgehead atoms. The van der Waals surface area contributed by atoms with Crippen molar-refractivity contribution in [3.8, 4) is 0 Å². The van der Waals surface area contributed by atoms with Crippen LogP contribution in [0.5, 0.6) is 0 Å². The molecule has 3 rings (SSSR count). The number of pyridine rings is 1. The predicted molar refractivity (Wildman–Crippen MR) is 69.1 cm³/mol. The average molecular weight is 281 g/mol. The van der Waals surface area contributed by atoms with Crippen molar-refractivity contribution < 1.29 is 13.6 Å². The van der Waals surface area contributed by atoms with Gasteiger partial charge in [-0.25, -0.2) is 8.78 Å². The summed E-state index contributed by atoms with van der Waals surface area (Å²) in [5.74, 6) is -3.05. The van der Waals surface area contributed by atoms with Crippen LogP contribution >= 0.6 is 0 Å². The lowest BCUT2D eigenvalue weighted by molar-refractivity contribution is -0.149. The Morgan fingerprint density at radius 3 is 2.90 bits per heavy atom. The SMILES string of the molecule is O=C1NCCC12CN(Cc1cccnc1)CC(F)(F)C2. The Labute approximate surface area is 116 Å². The third kappa shape index (κ3) is 2.52. The summed E-state index contributed by atoms with van der Waals surface area (Å²) < 4.78 is 28.0. The van der Waals surface area contributed by atoms with Gasteiger partial charge in [-0.2, -0.15) is 0 Å². The Hall–Kier alpha value is -1.56. The summed E-state index contributed by atoms with van der Waals surface area (Å²) >= 11 is 0. The number of carbonyl (C=O) groups is 1. The molecule has 6 heteroatoms. The number of hydrogen-bond acceptors (Lipinski definition) is 3. The summed E-state index contributed by atoms with van der Waals surface area (Å²) in [4.78, 5) is 17.6. The van der Waals surface area contributed by atoms with Crippen molar-refractivity contribution in [2.75, 3.05) is 19.6 Å². The van der Waals surface area contributed by atoms with Crippen molar-refractivity contribution in [1.29, 1.82) is 0 Å². The standard InChI is InChI=1S/C14H17F2N3O/c15-14(16)8-13(3-5-18-12(13)20)9-19(10-14)7-11-2-1-4-17-6-11/h1-2,4,6H,3,5,7-10H2,(H,18,20). The first-order valence-corrected chi connectivity index (χ1v) is 6.77. The quantitative estimate of drug-likeness (QED) is 0.892. The molecule has 3 heterocycles. The second kappa shape index (κ2) is 4.77. The van der Waals surface area contributed by atoms with Crippen LogP contribution in [0.25, 0.3) is 0 Å². The van der Waals surface area contributed by atoms with Crippen molar-refractivity contribution in [1.82, 2.24) is 15.2 Å². The summed E-state index contributed by atoms with van der Waals surface area (Å²) in [5.41, 5.74) is -0.0389. The highest BCUT2D eigenvalue weighted by atomic mass is 19.3. The minimum Gasteiger partial charge on any atom is -0.356 e. The van der Waals surface area contributed by atoms with Gasteiger partial charge in [0.15, 0.2) is 0 Å². The first-order chi connectivity index (χ1) is 9.49. The lowest BCUT2D eigenvalue weighted by Gasteiger charge is -2.42. The largest absolute Gasteiger partial charge is 0.356 e. The molecule has 0 radical (unpaired) electrons. The number of nitrogens with zero attached hydrogens (tertiary/aromatic N) is 2. The Balaban J connectivity index is 1.80. The van der Waals surface area contributed by atoms with Crippen LogP contribution in [0.15, 0.2) is 24.5 Å². The molecule has 20 heavy (non-hydrogen) atoms. The van der Waals surface area contributed by atoms with Crippen LogP contribution < -0.4 is 5.32 Å². The Morgan fingerprint density at radius 1 is 1.40 bits per heavy atom. The Bertz CT molecular complexity index is 508. The molecule has 0 aliphatic carbocycles. The first-order valence-electron chi connectivity index (χ1n) is 6.77. The number of rotatable bonds is 2. The zero-order valence-corrected chi connectivity index (χ0v) is 11.1. The van der Waals surface area contributed by atoms with E-state index in [0.29, 0.717) is 26.1 Å². The molecule has 1 aromatic rings. The molecule has 1 amide bonds. The smallest absolute Gasteiger partial charge is 0.261 e. The van der Waals surface area contributed by atoms with Gasteiger partial charge < -0.3 is 5.32 Å². The van der Waals surface area contributed by atoms with E-state index in [0.717, 1.165) is 5.56 Å². The maximum atomic E-state index is 14.0. The van der Waals surface area contributed by atoms with Crippen molar-refractivity contribution in [2.24, 2.45) is 5.41 Å². The van der Waals surface area contributed by atoms with Crippen molar-refractivity contribution in [3.05, 3.63) is 30.1 Å². The van der Waals surface area contributed by atoms with Crippen LogP contribution in [-0.4, -0.2) is 41.3 Å². The van der Waals surface area contributed by atoms with Crippen LogP contribution in [0, 0.1) is 5.41 Å². The third-order valence-electron chi connectivity index (χ3n) is 4.08. The number of piperidine rings is 1. The molecule has 0 aromatic carbocycles. The van der Waals surface area contributed by atoms with Gasteiger partial charge in [0.1, 0.15) is 0 Å². The van der Waals surface area contributed by atoms with Crippen LogP contribution in [0.4, 0.5) is 8.78 Å². The number of amides is 1. The van der Waals surface area contributed by atoms with Gasteiger partial charge >= 0.3 is 0 Å². The van der Waals surface area contributed by atoms with Gasteiger partial charge in [0.05, 0.1) is 12.0 Å². The zero-order chi connectivity index (χ0) is 14.2. The van der Waals surface area contributed by atoms with Gasteiger partial charge in [-0.15, -0.1) is 0 Å². The fourth-order valence-corrected chi connectivity index (χ4v) is 3.32. The third-order valence-corrected chi connectivity index (χ3v) is 4.08. The molecule has 0 saturated carbocycles. The summed E-state index contributed by atoms with van der Waals surface area (Å²) in [6.45, 7) is 0.994. The minimum atomic E-state index is -2.82. The van der Waals surface area contributed by atoms with E-state index in [1.807, 2.05) is 6.07 Å². The molecular weight excluding hydrogens is 264 g/mol. The molecule has 1 N–H and O–H groups in total. The van der Waals surface area contributed by atoms with Crippen molar-refractivity contribution in [2.45, 2.75) is 25.3 Å². The Morgan fingerprint density at radius 2 is 2.25 bits per heavy atom. The molecule has 2 aliphatic heterocycles. The van der Waals surface area contributed by atoms with E-state index in [1.165, 1.54) is 0 Å². The highest BCUT2D eigenvalue weighted by Gasteiger charge is 2.54. The lowest BCUT2D eigenvalue weighted by atomic mass is 9.77. The van der Waals surface area contributed by atoms with Crippen molar-refractivity contribution in [3.63, 3.8) is 0 Å². The molecule has 1 aromatic heterocycles. The minimum absolute atomic E-state index is 0.229. The first kappa shape index (κ1) is 13.4. The molecule has 4 nitrogen and oxygen atoms in total. The summed E-state index contributed by atoms with van der Waals surface area (Å²) in [6, 6.07) is 3.65. The van der Waals surface area contributed by atoms with Gasteiger partial charge in [-0.3, -0.25) is 14.7 Å². The van der Waals surface area contributed by atoms with Crippen LogP contribution in [0.2, 0.25) is 0 Å². The number of halogens is 2. The summed E-state index contributed by atoms with van der Waals surface area (Å²) in [5, 5.41) is 2.69. The van der Waals surface area contributed by atoms with Gasteiger partial charge in [0, 0.05) is 38.4 Å². The van der Waals surface area contributed by atoms with E-state index in [1.54, 1.807) is 23.4 Å². The number of aromatic nitrogens is 1. The van der Waals surface area contributed by atoms with Crippen LogP contribution in [0.3, 0.4) is 0 Å². The molecule has 1 spiro atoms. The number of alkyl halides is 2. The van der Waals surface area contributed by atoms with E-state index >= 15 is 0 Å². The van der Waals surface area contributed by atoms with E-state index in [2.05, 4.69) is 10.3 Å². The van der Waals surface area contributed by atoms with Gasteiger partial charge in [-0.1, -0.05) is 6.07 Å². The average Bonchev–Trinajstić information content (AvgIpc) is 2.69. The van der Waals surface area contributed by atoms with Crippen molar-refractivity contribution >= 4 is 5.91 Å². The highest BCUT2D eigenvalue weighted by molar-refractivity contribution is 5.85. The molecule has 2 aliphatic rings. The normalized spacial score (nSPS) is 29.6. The second-order valence-electron chi connectivity index (χ2n) is 5.83. The topological polar surface area (TPSA) is 45.2 Å². The predicted octanol–water partition coefficient (Wildman–Crippen LogP) is 1.43. The maximum absolute atomic E-state index is 14.0. The van der Waals surface area contributed by atoms with Gasteiger partial charge in [-0.05, 0) is 18.1 Å². The molecular formula is C14H17F2N3O. The lowest BCUT2D eigenvalue weighted by Crippen LogP contribution is -2.54. The summed E-state index contributed by atoms with van der Waals surface area (Å²) in [6.07, 6.45) is 3.48. The monoisotopic (exact) mass is 281 g/mol. The molecule has 1 atom stereocenters. The fourth-order valence-electron chi connectivity index (χ4n) is 3.32. The molecule has 2 saturated heterocycles. The number of hydrogen-bond donors (Lipinski definition) is 1. The second-order valence-corrected chi connectivity index (χ2v) is 5.83. The maximum Gasteiger partial charge on any atom is 0.261 e. The Kier molecular flexibility index (Phi) is 3.20. The number of nitrogens with one attached hydrogen (secondary N) is 1. The summed E-state index contributed by atoms with van der Waals surface area (Å²) in [7, 11) is 0. The number of carbonyl (C=O) groups excluding carboxylic acids is 1. The van der Waals surface area contributed by atoms with Gasteiger partial charge in [0.2, 0.25) is 5.91 Å². The fraction of sp³-hybridized carbons (Fsp3) is 0.571. The highest BCUT2D eigenvalue weighted by Crippen LogP contribution is 2.43. The van der Waals surface area contributed by atoms with E-state index in [-0.39, 0.29) is 18.9 Å². The number of likely N-dealkylation sites (tertiary alicyclic amines) is 1. The van der Waals surface area contributed by atoms with E-state index < -0.39 is 11.3 Å². The molecule has 2 fully saturated rings. The van der Waals surface area contributed by atoms with E-state index in [4.69, 9.17) is 0 Å². The molecule has 108 valence electrons.